The van der Waals surface area contributed by atoms with E-state index in [1.807, 2.05) is 18.2 Å². The third kappa shape index (κ3) is 10.6. The van der Waals surface area contributed by atoms with Gasteiger partial charge in [0, 0.05) is 17.5 Å². The van der Waals surface area contributed by atoms with Gasteiger partial charge in [0.2, 0.25) is 0 Å². The minimum atomic E-state index is -0.438. The summed E-state index contributed by atoms with van der Waals surface area (Å²) in [6.07, 6.45) is 10.4. The zero-order valence-electron chi connectivity index (χ0n) is 23.2. The summed E-state index contributed by atoms with van der Waals surface area (Å²) < 4.78 is 16.3. The van der Waals surface area contributed by atoms with Crippen molar-refractivity contribution in [1.29, 1.82) is 0 Å². The summed E-state index contributed by atoms with van der Waals surface area (Å²) in [4.78, 5) is 24.2. The lowest BCUT2D eigenvalue weighted by molar-refractivity contribution is -0.143. The molecule has 0 heterocycles. The number of oxime groups is 1. The van der Waals surface area contributed by atoms with E-state index in [0.29, 0.717) is 47.8 Å². The fourth-order valence-corrected chi connectivity index (χ4v) is 4.24. The van der Waals surface area contributed by atoms with Crippen LogP contribution in [0, 0.1) is 0 Å². The molecule has 0 aliphatic heterocycles. The normalized spacial score (nSPS) is 11.3. The molecule has 0 aromatic heterocycles. The zero-order chi connectivity index (χ0) is 27.6. The molecule has 0 unspecified atom stereocenters. The van der Waals surface area contributed by atoms with E-state index in [2.05, 4.69) is 12.1 Å². The van der Waals surface area contributed by atoms with Gasteiger partial charge in [-0.25, -0.2) is 4.79 Å². The third-order valence-corrected chi connectivity index (χ3v) is 6.24. The van der Waals surface area contributed by atoms with Gasteiger partial charge < -0.3 is 19.4 Å². The van der Waals surface area contributed by atoms with Gasteiger partial charge in [0.1, 0.15) is 11.5 Å². The van der Waals surface area contributed by atoms with Gasteiger partial charge in [0.25, 0.3) is 0 Å². The molecule has 0 radical (unpaired) electrons. The molecule has 38 heavy (non-hydrogen) atoms. The van der Waals surface area contributed by atoms with Gasteiger partial charge in [-0.3, -0.25) is 4.79 Å². The van der Waals surface area contributed by atoms with Crippen LogP contribution < -0.4 is 4.74 Å². The lowest BCUT2D eigenvalue weighted by Crippen LogP contribution is -2.10. The first kappa shape index (κ1) is 30.9. The predicted molar refractivity (Wildman–Crippen MR) is 149 cm³/mol. The summed E-state index contributed by atoms with van der Waals surface area (Å²) in [6, 6.07) is 12.3. The van der Waals surface area contributed by atoms with Crippen LogP contribution in [0.5, 0.6) is 5.75 Å². The maximum Gasteiger partial charge on any atom is 0.338 e. The highest BCUT2D eigenvalue weighted by Crippen LogP contribution is 2.25. The Labute approximate surface area is 227 Å². The molecule has 1 N–H and O–H groups in total. The van der Waals surface area contributed by atoms with Crippen LogP contribution in [0.1, 0.15) is 106 Å². The number of aryl methyl sites for hydroxylation is 1. The maximum absolute atomic E-state index is 12.2. The second-order valence-electron chi connectivity index (χ2n) is 9.20. The predicted octanol–water partition coefficient (Wildman–Crippen LogP) is 7.11. The first-order chi connectivity index (χ1) is 18.5. The van der Waals surface area contributed by atoms with Crippen molar-refractivity contribution in [2.45, 2.75) is 85.0 Å². The Morgan fingerprint density at radius 2 is 1.45 bits per heavy atom. The van der Waals surface area contributed by atoms with Crippen molar-refractivity contribution in [2.24, 2.45) is 5.16 Å². The van der Waals surface area contributed by atoms with Crippen molar-refractivity contribution in [2.75, 3.05) is 19.8 Å². The zero-order valence-corrected chi connectivity index (χ0v) is 23.2. The molecular weight excluding hydrogens is 482 g/mol. The highest BCUT2D eigenvalue weighted by atomic mass is 16.5. The summed E-state index contributed by atoms with van der Waals surface area (Å²) in [6.45, 7) is 6.96. The number of hydrogen-bond donors (Lipinski definition) is 1. The smallest absolute Gasteiger partial charge is 0.338 e. The maximum atomic E-state index is 12.2. The molecule has 7 heteroatoms. The highest BCUT2D eigenvalue weighted by molar-refractivity contribution is 6.13. The molecular formula is C31H43NO6. The van der Waals surface area contributed by atoms with E-state index in [4.69, 9.17) is 14.2 Å². The number of benzene rings is 2. The molecule has 0 bridgehead atoms. The van der Waals surface area contributed by atoms with Crippen molar-refractivity contribution >= 4 is 17.7 Å². The monoisotopic (exact) mass is 525 g/mol. The molecule has 0 aliphatic rings. The van der Waals surface area contributed by atoms with E-state index < -0.39 is 5.97 Å². The van der Waals surface area contributed by atoms with Crippen molar-refractivity contribution in [1.82, 2.24) is 0 Å². The largest absolute Gasteiger partial charge is 0.493 e. The Bertz CT molecular complexity index is 1030. The van der Waals surface area contributed by atoms with Gasteiger partial charge in [-0.2, -0.15) is 0 Å². The summed E-state index contributed by atoms with van der Waals surface area (Å²) >= 11 is 0. The fraction of sp³-hybridized carbons (Fsp3) is 0.516. The summed E-state index contributed by atoms with van der Waals surface area (Å²) in [5.74, 6) is -0.00450. The third-order valence-electron chi connectivity index (χ3n) is 6.24. The first-order valence-electron chi connectivity index (χ1n) is 13.9. The van der Waals surface area contributed by atoms with Crippen LogP contribution >= 0.6 is 0 Å². The topological polar surface area (TPSA) is 94.4 Å². The fourth-order valence-electron chi connectivity index (χ4n) is 4.24. The van der Waals surface area contributed by atoms with Crippen LogP contribution in [0.25, 0.3) is 0 Å². The molecule has 0 spiro atoms. The van der Waals surface area contributed by atoms with E-state index in [1.54, 1.807) is 38.1 Å². The molecule has 0 saturated carbocycles. The number of carbonyl (C=O) groups excluding carboxylic acids is 2. The van der Waals surface area contributed by atoms with Crippen LogP contribution in [0.3, 0.4) is 0 Å². The number of rotatable bonds is 18. The Hall–Kier alpha value is -3.35. The average molecular weight is 526 g/mol. The van der Waals surface area contributed by atoms with E-state index in [1.165, 1.54) is 38.5 Å². The second kappa shape index (κ2) is 18.0. The number of carbonyl (C=O) groups is 2. The Morgan fingerprint density at radius 1 is 0.789 bits per heavy atom. The van der Waals surface area contributed by atoms with E-state index in [-0.39, 0.29) is 19.0 Å². The van der Waals surface area contributed by atoms with Crippen molar-refractivity contribution in [3.63, 3.8) is 0 Å². The molecule has 2 rings (SSSR count). The van der Waals surface area contributed by atoms with Gasteiger partial charge in [-0.1, -0.05) is 69.2 Å². The number of unbranched alkanes of at least 4 members (excludes halogenated alkanes) is 7. The van der Waals surface area contributed by atoms with Gasteiger partial charge in [-0.15, -0.1) is 0 Å². The van der Waals surface area contributed by atoms with Crippen LogP contribution in [-0.2, 0) is 20.7 Å². The molecule has 2 aromatic carbocycles. The Balaban J connectivity index is 2.14. The molecule has 0 aliphatic carbocycles. The van der Waals surface area contributed by atoms with Crippen molar-refractivity contribution in [3.8, 4) is 5.75 Å². The minimum Gasteiger partial charge on any atom is -0.493 e. The highest BCUT2D eigenvalue weighted by Gasteiger charge is 2.16. The second-order valence-corrected chi connectivity index (χ2v) is 9.20. The van der Waals surface area contributed by atoms with Gasteiger partial charge in [0.05, 0.1) is 25.4 Å². The van der Waals surface area contributed by atoms with Crippen LogP contribution in [0.2, 0.25) is 0 Å². The Kier molecular flexibility index (Phi) is 14.6. The van der Waals surface area contributed by atoms with Gasteiger partial charge in [0.15, 0.2) is 0 Å². The number of hydrogen-bond acceptors (Lipinski definition) is 7. The molecule has 208 valence electrons. The lowest BCUT2D eigenvalue weighted by Gasteiger charge is -2.14. The standard InChI is InChI=1S/C31H43NO6/c1-4-7-8-9-10-11-12-13-21-38-28-19-17-26(22-24(28)18-20-29(33)36-5-2)30(32-35)25-15-14-16-27(23-25)31(34)37-6-3/h14-17,19,22-23,35H,4-13,18,20-21H2,1-3H3. The number of esters is 2. The molecule has 0 atom stereocenters. The molecule has 0 amide bonds. The van der Waals surface area contributed by atoms with Crippen molar-refractivity contribution in [3.05, 3.63) is 64.7 Å². The molecule has 0 fully saturated rings. The van der Waals surface area contributed by atoms with E-state index in [0.717, 1.165) is 18.4 Å². The molecule has 2 aromatic rings. The first-order valence-corrected chi connectivity index (χ1v) is 13.9. The van der Waals surface area contributed by atoms with E-state index in [9.17, 15) is 14.8 Å². The molecule has 7 nitrogen and oxygen atoms in total. The summed E-state index contributed by atoms with van der Waals surface area (Å²) in [7, 11) is 0. The number of nitrogens with zero attached hydrogens (tertiary/aromatic N) is 1. The lowest BCUT2D eigenvalue weighted by atomic mass is 9.97. The minimum absolute atomic E-state index is 0.218. The van der Waals surface area contributed by atoms with Gasteiger partial charge >= 0.3 is 11.9 Å². The number of ether oxygens (including phenoxy) is 3. The van der Waals surface area contributed by atoms with Crippen LogP contribution in [-0.4, -0.2) is 42.7 Å². The van der Waals surface area contributed by atoms with E-state index >= 15 is 0 Å². The average Bonchev–Trinajstić information content (AvgIpc) is 2.92. The summed E-state index contributed by atoms with van der Waals surface area (Å²) in [5, 5.41) is 13.4. The van der Waals surface area contributed by atoms with Gasteiger partial charge in [-0.05, 0) is 62.6 Å². The van der Waals surface area contributed by atoms with Crippen LogP contribution in [0.4, 0.5) is 0 Å². The quantitative estimate of drug-likeness (QED) is 0.0733. The SMILES string of the molecule is CCCCCCCCCCOc1ccc(C(=NO)c2cccc(C(=O)OCC)c2)cc1CCC(=O)OCC. The Morgan fingerprint density at radius 3 is 2.13 bits per heavy atom. The van der Waals surface area contributed by atoms with Crippen LogP contribution in [0.15, 0.2) is 47.6 Å². The summed E-state index contributed by atoms with van der Waals surface area (Å²) in [5.41, 5.74) is 2.73. The molecule has 0 saturated heterocycles. The van der Waals surface area contributed by atoms with Crippen molar-refractivity contribution < 1.29 is 29.0 Å².